The van der Waals surface area contributed by atoms with Crippen LogP contribution in [0.1, 0.15) is 28.6 Å². The molecule has 176 valence electrons. The van der Waals surface area contributed by atoms with Crippen LogP contribution in [0.5, 0.6) is 0 Å². The van der Waals surface area contributed by atoms with E-state index >= 15 is 0 Å². The number of alkyl halides is 3. The van der Waals surface area contributed by atoms with Crippen molar-refractivity contribution in [3.63, 3.8) is 0 Å². The molecule has 1 aromatic heterocycles. The first-order valence-electron chi connectivity index (χ1n) is 10.1. The van der Waals surface area contributed by atoms with E-state index in [1.807, 2.05) is 42.5 Å². The number of benzene rings is 2. The van der Waals surface area contributed by atoms with Gasteiger partial charge in [0.1, 0.15) is 4.88 Å². The maximum Gasteiger partial charge on any atom is 0.422 e. The summed E-state index contributed by atoms with van der Waals surface area (Å²) < 4.78 is 40.5. The molecule has 0 aliphatic heterocycles. The van der Waals surface area contributed by atoms with Crippen LogP contribution in [0, 0.1) is 0 Å². The van der Waals surface area contributed by atoms with Crippen molar-refractivity contribution in [3.8, 4) is 11.1 Å². The third-order valence-corrected chi connectivity index (χ3v) is 6.53. The molecule has 1 heterocycles. The Bertz CT molecular complexity index is 1180. The van der Waals surface area contributed by atoms with Gasteiger partial charge < -0.3 is 21.2 Å². The minimum atomic E-state index is -4.93. The van der Waals surface area contributed by atoms with E-state index < -0.39 is 23.9 Å². The van der Waals surface area contributed by atoms with Crippen LogP contribution in [0.25, 0.3) is 21.2 Å². The molecule has 1 amide bonds. The fraction of sp³-hybridized carbons (Fsp3) is 0.261. The van der Waals surface area contributed by atoms with Gasteiger partial charge in [-0.15, -0.1) is 11.3 Å². The van der Waals surface area contributed by atoms with Crippen LogP contribution < -0.4 is 16.9 Å². The van der Waals surface area contributed by atoms with Crippen molar-refractivity contribution in [2.75, 3.05) is 7.05 Å². The number of thiophene rings is 1. The molecule has 0 bridgehead atoms. The summed E-state index contributed by atoms with van der Waals surface area (Å²) >= 11 is 1.32. The molecule has 0 spiro atoms. The number of hydrazine groups is 1. The van der Waals surface area contributed by atoms with Gasteiger partial charge in [0.25, 0.3) is 5.91 Å². The number of aliphatic hydroxyl groups is 1. The Hall–Kier alpha value is -3.08. The molecule has 10 heteroatoms. The third kappa shape index (κ3) is 4.82. The van der Waals surface area contributed by atoms with E-state index in [0.717, 1.165) is 32.4 Å². The van der Waals surface area contributed by atoms with Gasteiger partial charge in [-0.05, 0) is 23.6 Å². The molecular formula is C23H25F3N4O2S. The average molecular weight is 479 g/mol. The zero-order chi connectivity index (χ0) is 24.4. The Labute approximate surface area is 193 Å². The summed E-state index contributed by atoms with van der Waals surface area (Å²) in [5.41, 5.74) is 4.03. The number of carbonyl (C=O) groups is 1. The predicted octanol–water partition coefficient (Wildman–Crippen LogP) is 4.11. The van der Waals surface area contributed by atoms with Gasteiger partial charge in [-0.1, -0.05) is 49.4 Å². The summed E-state index contributed by atoms with van der Waals surface area (Å²) in [6, 6.07) is 15.0. The van der Waals surface area contributed by atoms with Crippen LogP contribution in [-0.4, -0.2) is 34.8 Å². The molecule has 0 saturated carbocycles. The molecule has 33 heavy (non-hydrogen) atoms. The van der Waals surface area contributed by atoms with Crippen LogP contribution >= 0.6 is 11.3 Å². The van der Waals surface area contributed by atoms with Gasteiger partial charge in [-0.25, -0.2) is 5.84 Å². The number of halogens is 3. The monoisotopic (exact) mass is 478 g/mol. The molecule has 3 aromatic rings. The van der Waals surface area contributed by atoms with Crippen molar-refractivity contribution in [2.45, 2.75) is 31.7 Å². The number of nitrogens with one attached hydrogen (secondary N) is 1. The summed E-state index contributed by atoms with van der Waals surface area (Å²) in [5.74, 6) is 5.67. The third-order valence-electron chi connectivity index (χ3n) is 5.38. The lowest BCUT2D eigenvalue weighted by Crippen LogP contribution is -2.49. The van der Waals surface area contributed by atoms with Gasteiger partial charge in [-0.2, -0.15) is 13.2 Å². The molecule has 0 aliphatic rings. The van der Waals surface area contributed by atoms with Gasteiger partial charge in [0.2, 0.25) is 5.60 Å². The maximum absolute atomic E-state index is 13.2. The molecule has 2 aromatic carbocycles. The van der Waals surface area contributed by atoms with Crippen molar-refractivity contribution in [1.82, 2.24) is 10.3 Å². The summed E-state index contributed by atoms with van der Waals surface area (Å²) in [6.07, 6.45) is -4.68. The summed E-state index contributed by atoms with van der Waals surface area (Å²) in [7, 11) is 1.56. The highest BCUT2D eigenvalue weighted by Crippen LogP contribution is 2.40. The highest BCUT2D eigenvalue weighted by molar-refractivity contribution is 7.21. The van der Waals surface area contributed by atoms with E-state index in [2.05, 4.69) is 5.32 Å². The minimum absolute atomic E-state index is 0.0438. The van der Waals surface area contributed by atoms with Crippen molar-refractivity contribution < 1.29 is 23.1 Å². The van der Waals surface area contributed by atoms with Crippen molar-refractivity contribution in [2.24, 2.45) is 11.6 Å². The number of rotatable bonds is 7. The largest absolute Gasteiger partial charge is 0.422 e. The topological polar surface area (TPSA) is 105 Å². The lowest BCUT2D eigenvalue weighted by Gasteiger charge is -2.30. The van der Waals surface area contributed by atoms with Gasteiger partial charge in [-0.3, -0.25) is 4.79 Å². The first-order chi connectivity index (χ1) is 15.5. The number of amides is 1. The molecule has 0 aliphatic carbocycles. The smallest absolute Gasteiger partial charge is 0.398 e. The van der Waals surface area contributed by atoms with E-state index in [0.29, 0.717) is 10.4 Å². The second-order valence-corrected chi connectivity index (χ2v) is 8.60. The molecule has 3 rings (SSSR count). The first-order valence-corrected chi connectivity index (χ1v) is 10.9. The Morgan fingerprint density at radius 2 is 1.88 bits per heavy atom. The summed E-state index contributed by atoms with van der Waals surface area (Å²) in [6.45, 7) is 1.23. The summed E-state index contributed by atoms with van der Waals surface area (Å²) in [5, 5.41) is 14.5. The number of nitrogens with two attached hydrogens (primary N) is 2. The lowest BCUT2D eigenvalue weighted by molar-refractivity contribution is -0.245. The van der Waals surface area contributed by atoms with Crippen LogP contribution in [-0.2, 0) is 6.54 Å². The van der Waals surface area contributed by atoms with Crippen LogP contribution in [0.2, 0.25) is 0 Å². The Morgan fingerprint density at radius 3 is 2.45 bits per heavy atom. The Kier molecular flexibility index (Phi) is 7.01. The molecule has 0 fully saturated rings. The first kappa shape index (κ1) is 24.6. The van der Waals surface area contributed by atoms with Crippen LogP contribution in [0.4, 0.5) is 13.2 Å². The molecule has 6 nitrogen and oxygen atoms in total. The normalized spacial score (nSPS) is 14.2. The number of hydrogen-bond donors (Lipinski definition) is 4. The molecule has 1 atom stereocenters. The summed E-state index contributed by atoms with van der Waals surface area (Å²) in [4.78, 5) is 13.1. The zero-order valence-electron chi connectivity index (χ0n) is 18.1. The standard InChI is InChI=1S/C23H25F3N4O2S/c1-3-22(32,23(24,25)26)18(27)13-30(28)12-14-9-10-16-17(11-14)33-20(21(31)29-2)19(16)15-7-5-4-6-8-15/h4-11,13,32H,3,12,27-28H2,1-2H3,(H,29,31)/b18-13-. The van der Waals surface area contributed by atoms with E-state index in [-0.39, 0.29) is 12.5 Å². The average Bonchev–Trinajstić information content (AvgIpc) is 3.16. The second-order valence-electron chi connectivity index (χ2n) is 7.55. The fourth-order valence-electron chi connectivity index (χ4n) is 3.51. The molecule has 0 saturated heterocycles. The molecular weight excluding hydrogens is 453 g/mol. The van der Waals surface area contributed by atoms with Gasteiger partial charge in [0.15, 0.2) is 0 Å². The van der Waals surface area contributed by atoms with Gasteiger partial charge in [0.05, 0.1) is 12.2 Å². The van der Waals surface area contributed by atoms with Crippen molar-refractivity contribution >= 4 is 27.3 Å². The fourth-order valence-corrected chi connectivity index (χ4v) is 4.75. The number of fused-ring (bicyclic) bond motifs is 1. The van der Waals surface area contributed by atoms with Gasteiger partial charge in [0, 0.05) is 28.9 Å². The number of carbonyl (C=O) groups excluding carboxylic acids is 1. The SMILES string of the molecule is CCC(O)(/C(N)=C/N(N)Cc1ccc2c(-c3ccccc3)c(C(=O)NC)sc2c1)C(F)(F)F. The van der Waals surface area contributed by atoms with E-state index in [4.69, 9.17) is 11.6 Å². The highest BCUT2D eigenvalue weighted by atomic mass is 32.1. The van der Waals surface area contributed by atoms with E-state index in [1.165, 1.54) is 18.3 Å². The van der Waals surface area contributed by atoms with E-state index in [1.54, 1.807) is 13.1 Å². The van der Waals surface area contributed by atoms with Gasteiger partial charge >= 0.3 is 6.18 Å². The predicted molar refractivity (Wildman–Crippen MR) is 124 cm³/mol. The van der Waals surface area contributed by atoms with E-state index in [9.17, 15) is 23.1 Å². The maximum atomic E-state index is 13.2. The highest BCUT2D eigenvalue weighted by Gasteiger charge is 2.54. The molecule has 6 N–H and O–H groups in total. The number of hydrogen-bond acceptors (Lipinski definition) is 6. The Morgan fingerprint density at radius 1 is 1.21 bits per heavy atom. The zero-order valence-corrected chi connectivity index (χ0v) is 18.9. The quantitative estimate of drug-likeness (QED) is 0.302. The van der Waals surface area contributed by atoms with Crippen molar-refractivity contribution in [3.05, 3.63) is 70.9 Å². The van der Waals surface area contributed by atoms with Crippen LogP contribution in [0.15, 0.2) is 60.4 Å². The second kappa shape index (κ2) is 9.42. The number of nitrogens with zero attached hydrogens (tertiary/aromatic N) is 1. The lowest BCUT2D eigenvalue weighted by atomic mass is 9.96. The Balaban J connectivity index is 1.96. The minimum Gasteiger partial charge on any atom is -0.398 e. The molecule has 1 unspecified atom stereocenters. The van der Waals surface area contributed by atoms with Crippen LogP contribution in [0.3, 0.4) is 0 Å². The molecule has 0 radical (unpaired) electrons. The van der Waals surface area contributed by atoms with Crippen molar-refractivity contribution in [1.29, 1.82) is 0 Å².